The Hall–Kier alpha value is -2.49. The fraction of sp³-hybridized carbons (Fsp3) is 0.350. The summed E-state index contributed by atoms with van der Waals surface area (Å²) in [6, 6.07) is 10.2. The number of hydrogen-bond acceptors (Lipinski definition) is 3. The first kappa shape index (κ1) is 15.1. The van der Waals surface area contributed by atoms with Gasteiger partial charge in [0.25, 0.3) is 0 Å². The van der Waals surface area contributed by atoms with Gasteiger partial charge in [-0.2, -0.15) is 0 Å². The third-order valence-corrected chi connectivity index (χ3v) is 4.83. The summed E-state index contributed by atoms with van der Waals surface area (Å²) >= 11 is 0. The summed E-state index contributed by atoms with van der Waals surface area (Å²) in [6.07, 6.45) is 2.09. The number of nitrogens with one attached hydrogen (secondary N) is 1. The average Bonchev–Trinajstić information content (AvgIpc) is 3.22. The van der Waals surface area contributed by atoms with Crippen LogP contribution in [0.1, 0.15) is 27.8 Å². The highest BCUT2D eigenvalue weighted by molar-refractivity contribution is 5.81. The molecule has 0 aliphatic carbocycles. The molecule has 2 aromatic carbocycles. The Balaban J connectivity index is 1.51. The van der Waals surface area contributed by atoms with Crippen molar-refractivity contribution in [2.75, 3.05) is 13.2 Å². The maximum absolute atomic E-state index is 12.5. The highest BCUT2D eigenvalue weighted by Crippen LogP contribution is 2.40. The molecule has 4 heteroatoms. The molecule has 0 bridgehead atoms. The van der Waals surface area contributed by atoms with Gasteiger partial charge in [-0.25, -0.2) is 0 Å². The van der Waals surface area contributed by atoms with Crippen molar-refractivity contribution in [2.24, 2.45) is 0 Å². The highest BCUT2D eigenvalue weighted by Gasteiger charge is 2.27. The normalized spacial score (nSPS) is 14.5. The Morgan fingerprint density at radius 2 is 2.00 bits per heavy atom. The Kier molecular flexibility index (Phi) is 3.89. The number of ether oxygens (including phenoxy) is 2. The first-order chi connectivity index (χ1) is 11.7. The van der Waals surface area contributed by atoms with Crippen LogP contribution < -0.4 is 14.8 Å². The topological polar surface area (TPSA) is 47.6 Å². The Morgan fingerprint density at radius 3 is 2.88 bits per heavy atom. The lowest BCUT2D eigenvalue weighted by molar-refractivity contribution is -0.120. The van der Waals surface area contributed by atoms with Crippen molar-refractivity contribution >= 4 is 5.91 Å². The number of rotatable bonds is 4. The second-order valence-corrected chi connectivity index (χ2v) is 6.40. The Labute approximate surface area is 141 Å². The molecule has 4 nitrogen and oxygen atoms in total. The van der Waals surface area contributed by atoms with E-state index < -0.39 is 0 Å². The van der Waals surface area contributed by atoms with Crippen LogP contribution in [0.3, 0.4) is 0 Å². The van der Waals surface area contributed by atoms with E-state index in [1.54, 1.807) is 0 Å². The van der Waals surface area contributed by atoms with Crippen LogP contribution in [0.15, 0.2) is 30.3 Å². The lowest BCUT2D eigenvalue weighted by Crippen LogP contribution is -2.25. The number of hydrogen-bond donors (Lipinski definition) is 1. The number of carbonyl (C=O) groups excluding carboxylic acids is 1. The first-order valence-corrected chi connectivity index (χ1v) is 8.47. The van der Waals surface area contributed by atoms with Crippen molar-refractivity contribution in [2.45, 2.75) is 32.7 Å². The second kappa shape index (κ2) is 6.19. The summed E-state index contributed by atoms with van der Waals surface area (Å²) in [6.45, 7) is 4.00. The number of fused-ring (bicyclic) bond motifs is 2. The number of amides is 1. The van der Waals surface area contributed by atoms with Gasteiger partial charge in [-0.3, -0.25) is 4.79 Å². The van der Waals surface area contributed by atoms with Gasteiger partial charge in [-0.05, 0) is 24.1 Å². The molecule has 0 saturated heterocycles. The molecule has 0 fully saturated rings. The lowest BCUT2D eigenvalue weighted by Gasteiger charge is -2.13. The molecule has 0 aromatic heterocycles. The van der Waals surface area contributed by atoms with E-state index in [2.05, 4.69) is 24.4 Å². The van der Waals surface area contributed by atoms with Gasteiger partial charge in [0.15, 0.2) is 0 Å². The molecule has 2 heterocycles. The zero-order valence-electron chi connectivity index (χ0n) is 13.9. The molecular formula is C20H21NO3. The molecule has 4 rings (SSSR count). The van der Waals surface area contributed by atoms with Crippen molar-refractivity contribution in [3.63, 3.8) is 0 Å². The summed E-state index contributed by atoms with van der Waals surface area (Å²) in [5.74, 6) is 1.86. The van der Waals surface area contributed by atoms with Gasteiger partial charge in [0.05, 0.1) is 19.6 Å². The van der Waals surface area contributed by atoms with Gasteiger partial charge in [0.1, 0.15) is 11.5 Å². The van der Waals surface area contributed by atoms with E-state index in [-0.39, 0.29) is 5.91 Å². The van der Waals surface area contributed by atoms with Crippen molar-refractivity contribution in [3.8, 4) is 11.5 Å². The fourth-order valence-corrected chi connectivity index (χ4v) is 3.50. The molecule has 2 aliphatic rings. The van der Waals surface area contributed by atoms with Gasteiger partial charge < -0.3 is 14.8 Å². The van der Waals surface area contributed by atoms with Crippen LogP contribution >= 0.6 is 0 Å². The Bertz CT molecular complexity index is 765. The molecule has 1 N–H and O–H groups in total. The minimum Gasteiger partial charge on any atom is -0.493 e. The largest absolute Gasteiger partial charge is 0.493 e. The van der Waals surface area contributed by atoms with Crippen LogP contribution in [0.2, 0.25) is 0 Å². The van der Waals surface area contributed by atoms with Crippen molar-refractivity contribution < 1.29 is 14.3 Å². The number of aryl methyl sites for hydroxylation is 1. The van der Waals surface area contributed by atoms with Crippen molar-refractivity contribution in [1.29, 1.82) is 0 Å². The van der Waals surface area contributed by atoms with E-state index in [4.69, 9.17) is 9.47 Å². The van der Waals surface area contributed by atoms with E-state index in [0.717, 1.165) is 46.6 Å². The molecule has 0 atom stereocenters. The molecule has 1 amide bonds. The maximum Gasteiger partial charge on any atom is 0.224 e. The molecule has 0 spiro atoms. The minimum atomic E-state index is 0.0243. The van der Waals surface area contributed by atoms with E-state index in [9.17, 15) is 4.79 Å². The molecular weight excluding hydrogens is 302 g/mol. The molecule has 2 aromatic rings. The summed E-state index contributed by atoms with van der Waals surface area (Å²) in [5, 5.41) is 3.04. The quantitative estimate of drug-likeness (QED) is 0.941. The molecule has 2 aliphatic heterocycles. The van der Waals surface area contributed by atoms with E-state index in [0.29, 0.717) is 26.2 Å². The summed E-state index contributed by atoms with van der Waals surface area (Å²) < 4.78 is 11.5. The maximum atomic E-state index is 12.5. The number of benzene rings is 2. The van der Waals surface area contributed by atoms with E-state index >= 15 is 0 Å². The van der Waals surface area contributed by atoms with Crippen LogP contribution in [0.4, 0.5) is 0 Å². The summed E-state index contributed by atoms with van der Waals surface area (Å²) in [4.78, 5) is 12.5. The zero-order valence-corrected chi connectivity index (χ0v) is 13.9. The van der Waals surface area contributed by atoms with Crippen molar-refractivity contribution in [3.05, 3.63) is 58.1 Å². The van der Waals surface area contributed by atoms with Crippen LogP contribution in [0, 0.1) is 6.92 Å². The van der Waals surface area contributed by atoms with Gasteiger partial charge >= 0.3 is 0 Å². The second-order valence-electron chi connectivity index (χ2n) is 6.40. The minimum absolute atomic E-state index is 0.0243. The van der Waals surface area contributed by atoms with Crippen LogP contribution in [0.25, 0.3) is 0 Å². The Morgan fingerprint density at radius 1 is 1.17 bits per heavy atom. The van der Waals surface area contributed by atoms with E-state index in [1.807, 2.05) is 18.2 Å². The average molecular weight is 323 g/mol. The number of carbonyl (C=O) groups is 1. The third kappa shape index (κ3) is 2.73. The van der Waals surface area contributed by atoms with Crippen molar-refractivity contribution in [1.82, 2.24) is 5.32 Å². The van der Waals surface area contributed by atoms with Gasteiger partial charge in [0.2, 0.25) is 5.91 Å². The third-order valence-electron chi connectivity index (χ3n) is 4.83. The zero-order chi connectivity index (χ0) is 16.5. The fourth-order valence-electron chi connectivity index (χ4n) is 3.50. The monoisotopic (exact) mass is 323 g/mol. The molecule has 0 unspecified atom stereocenters. The molecule has 0 radical (unpaired) electrons. The summed E-state index contributed by atoms with van der Waals surface area (Å²) in [7, 11) is 0. The van der Waals surface area contributed by atoms with Gasteiger partial charge in [0, 0.05) is 36.1 Å². The van der Waals surface area contributed by atoms with Crippen LogP contribution in [-0.2, 0) is 30.6 Å². The summed E-state index contributed by atoms with van der Waals surface area (Å²) in [5.41, 5.74) is 5.66. The van der Waals surface area contributed by atoms with Gasteiger partial charge in [-0.15, -0.1) is 0 Å². The SMILES string of the molecule is Cc1ccccc1CNC(=O)Cc1c2c(cc3c1OCC3)OCC2. The predicted molar refractivity (Wildman–Crippen MR) is 91.6 cm³/mol. The molecule has 0 saturated carbocycles. The van der Waals surface area contributed by atoms with Crippen LogP contribution in [0.5, 0.6) is 11.5 Å². The first-order valence-electron chi connectivity index (χ1n) is 8.47. The van der Waals surface area contributed by atoms with E-state index in [1.165, 1.54) is 5.56 Å². The lowest BCUT2D eigenvalue weighted by atomic mass is 9.97. The smallest absolute Gasteiger partial charge is 0.224 e. The van der Waals surface area contributed by atoms with Gasteiger partial charge in [-0.1, -0.05) is 24.3 Å². The molecule has 24 heavy (non-hydrogen) atoms. The predicted octanol–water partition coefficient (Wildman–Crippen LogP) is 2.72. The highest BCUT2D eigenvalue weighted by atomic mass is 16.5. The molecule has 124 valence electrons. The standard InChI is InChI=1S/C20H21NO3/c1-13-4-2-3-5-15(13)12-21-19(22)11-17-16-7-9-23-18(16)10-14-6-8-24-20(14)17/h2-5,10H,6-9,11-12H2,1H3,(H,21,22). The van der Waals surface area contributed by atoms with Crippen LogP contribution in [-0.4, -0.2) is 19.1 Å².